The molecule has 0 radical (unpaired) electrons. The van der Waals surface area contributed by atoms with Crippen molar-refractivity contribution in [3.63, 3.8) is 0 Å². The second-order valence-corrected chi connectivity index (χ2v) is 14.2. The Morgan fingerprint density at radius 1 is 0.761 bits per heavy atom. The summed E-state index contributed by atoms with van der Waals surface area (Å²) in [6, 6.07) is 25.5. The van der Waals surface area contributed by atoms with Gasteiger partial charge in [0.1, 0.15) is 15.0 Å². The van der Waals surface area contributed by atoms with Crippen molar-refractivity contribution in [1.29, 1.82) is 0 Å². The molecule has 4 nitrogen and oxygen atoms in total. The summed E-state index contributed by atoms with van der Waals surface area (Å²) >= 11 is 5.19. The Balaban J connectivity index is 1.17. The van der Waals surface area contributed by atoms with E-state index in [1.165, 1.54) is 20.7 Å². The van der Waals surface area contributed by atoms with Crippen molar-refractivity contribution in [1.82, 2.24) is 15.0 Å². The summed E-state index contributed by atoms with van der Waals surface area (Å²) in [4.78, 5) is 18.2. The number of allylic oxidation sites excluding steroid dienone is 7. The highest BCUT2D eigenvalue weighted by atomic mass is 32.1. The molecule has 46 heavy (non-hydrogen) atoms. The molecule has 0 saturated heterocycles. The summed E-state index contributed by atoms with van der Waals surface area (Å²) < 4.78 is 2.40. The van der Waals surface area contributed by atoms with Gasteiger partial charge in [0, 0.05) is 34.8 Å². The number of nitrogens with zero attached hydrogens (tertiary/aromatic N) is 4. The lowest BCUT2D eigenvalue weighted by Gasteiger charge is -2.31. The summed E-state index contributed by atoms with van der Waals surface area (Å²) in [6.07, 6.45) is 14.6. The average molecular weight is 649 g/mol. The van der Waals surface area contributed by atoms with Crippen LogP contribution in [0.3, 0.4) is 0 Å². The molecule has 0 unspecified atom stereocenters. The van der Waals surface area contributed by atoms with Crippen LogP contribution in [0, 0.1) is 0 Å². The van der Waals surface area contributed by atoms with Gasteiger partial charge in [0.2, 0.25) is 0 Å². The molecule has 0 aliphatic heterocycles. The minimum absolute atomic E-state index is 0.894. The molecular formula is C39H28N4S3. The van der Waals surface area contributed by atoms with E-state index >= 15 is 0 Å². The number of para-hydroxylation sites is 2. The number of anilines is 1. The largest absolute Gasteiger partial charge is 0.315 e. The molecule has 0 N–H and O–H groups in total. The molecule has 0 atom stereocenters. The molecule has 8 rings (SSSR count). The van der Waals surface area contributed by atoms with E-state index in [1.54, 1.807) is 34.0 Å². The number of aromatic nitrogens is 3. The lowest BCUT2D eigenvalue weighted by molar-refractivity contribution is 0.910. The third-order valence-electron chi connectivity index (χ3n) is 8.08. The van der Waals surface area contributed by atoms with Crippen LogP contribution < -0.4 is 4.90 Å². The third-order valence-corrected chi connectivity index (χ3v) is 11.4. The normalized spacial score (nSPS) is 14.6. The number of benzene rings is 3. The van der Waals surface area contributed by atoms with Gasteiger partial charge in [-0.1, -0.05) is 47.9 Å². The lowest BCUT2D eigenvalue weighted by atomic mass is 10.0. The number of fused-ring (bicyclic) bond motifs is 3. The Labute approximate surface area is 279 Å². The number of hydrogen-bond acceptors (Lipinski definition) is 7. The van der Waals surface area contributed by atoms with Gasteiger partial charge in [-0.15, -0.1) is 34.0 Å². The van der Waals surface area contributed by atoms with E-state index in [-0.39, 0.29) is 0 Å². The Hall–Kier alpha value is -4.87. The van der Waals surface area contributed by atoms with Crippen LogP contribution in [-0.2, 0) is 0 Å². The zero-order valence-corrected chi connectivity index (χ0v) is 27.8. The maximum Gasteiger partial charge on any atom is 0.124 e. The Morgan fingerprint density at radius 2 is 1.50 bits per heavy atom. The minimum Gasteiger partial charge on any atom is -0.315 e. The fourth-order valence-electron chi connectivity index (χ4n) is 5.73. The molecule has 2 aliphatic rings. The molecular weight excluding hydrogens is 621 g/mol. The Morgan fingerprint density at radius 3 is 2.20 bits per heavy atom. The van der Waals surface area contributed by atoms with E-state index in [9.17, 15) is 0 Å². The predicted molar refractivity (Wildman–Crippen MR) is 198 cm³/mol. The van der Waals surface area contributed by atoms with Gasteiger partial charge in [0.25, 0.3) is 0 Å². The van der Waals surface area contributed by atoms with Gasteiger partial charge in [-0.3, -0.25) is 0 Å². The van der Waals surface area contributed by atoms with Crippen LogP contribution >= 0.6 is 34.0 Å². The molecule has 222 valence electrons. The number of thiazole rings is 3. The maximum absolute atomic E-state index is 4.93. The van der Waals surface area contributed by atoms with Crippen molar-refractivity contribution in [2.75, 3.05) is 4.90 Å². The summed E-state index contributed by atoms with van der Waals surface area (Å²) in [5, 5.41) is 3.15. The van der Waals surface area contributed by atoms with E-state index in [0.29, 0.717) is 0 Å². The first-order valence-electron chi connectivity index (χ1n) is 15.2. The summed E-state index contributed by atoms with van der Waals surface area (Å²) in [5.74, 6) is 0. The van der Waals surface area contributed by atoms with Crippen molar-refractivity contribution >= 4 is 83.4 Å². The summed E-state index contributed by atoms with van der Waals surface area (Å²) in [6.45, 7) is 4.27. The number of rotatable bonds is 7. The molecule has 0 fully saturated rings. The lowest BCUT2D eigenvalue weighted by Crippen LogP contribution is -2.22. The standard InChI is InChI=1S/C39H28N4S3/c1-3-28(24-25(2)37-40-31-10-4-7-13-34(31)44-37)43(29-20-16-26(17-21-29)38-41-32-11-5-8-14-35(32)45-38)30-22-18-27(19-23-30)39-42-33-12-6-9-15-36(33)46-39/h3-5,7-8,10-18,20-22,24H,19,23H2,1-2H3/b25-24+,28-3+. The second-order valence-electron chi connectivity index (χ2n) is 11.1. The van der Waals surface area contributed by atoms with Gasteiger partial charge in [0.15, 0.2) is 0 Å². The van der Waals surface area contributed by atoms with Crippen molar-refractivity contribution in [2.45, 2.75) is 26.7 Å². The van der Waals surface area contributed by atoms with E-state index in [4.69, 9.17) is 15.0 Å². The van der Waals surface area contributed by atoms with Crippen LogP contribution in [0.5, 0.6) is 0 Å². The highest BCUT2D eigenvalue weighted by Crippen LogP contribution is 2.38. The van der Waals surface area contributed by atoms with Crippen LogP contribution in [0.2, 0.25) is 0 Å². The fourth-order valence-corrected chi connectivity index (χ4v) is 8.62. The first kappa shape index (κ1) is 28.6. The van der Waals surface area contributed by atoms with Crippen LogP contribution in [0.1, 0.15) is 47.3 Å². The highest BCUT2D eigenvalue weighted by molar-refractivity contribution is 7.21. The van der Waals surface area contributed by atoms with Gasteiger partial charge in [-0.2, -0.15) is 0 Å². The van der Waals surface area contributed by atoms with Gasteiger partial charge in [-0.05, 0) is 98.5 Å². The van der Waals surface area contributed by atoms with E-state index in [1.807, 2.05) is 24.3 Å². The Kier molecular flexibility index (Phi) is 7.55. The van der Waals surface area contributed by atoms with Crippen LogP contribution in [-0.4, -0.2) is 15.0 Å². The van der Waals surface area contributed by atoms with Gasteiger partial charge < -0.3 is 4.90 Å². The van der Waals surface area contributed by atoms with E-state index in [2.05, 4.69) is 115 Å². The van der Waals surface area contributed by atoms with Crippen LogP contribution in [0.25, 0.3) is 54.3 Å². The first-order chi connectivity index (χ1) is 22.6. The average Bonchev–Trinajstić information content (AvgIpc) is 3.85. The van der Waals surface area contributed by atoms with Crippen LogP contribution in [0.15, 0.2) is 120 Å². The molecule has 3 aromatic carbocycles. The molecule has 2 aliphatic carbocycles. The molecule has 3 heterocycles. The zero-order valence-electron chi connectivity index (χ0n) is 25.3. The van der Waals surface area contributed by atoms with Crippen molar-refractivity contribution in [3.05, 3.63) is 141 Å². The molecule has 0 bridgehead atoms. The minimum atomic E-state index is 0.894. The molecule has 6 aromatic rings. The Bertz CT molecular complexity index is 2260. The highest BCUT2D eigenvalue weighted by Gasteiger charge is 2.21. The quantitative estimate of drug-likeness (QED) is 0.127. The monoisotopic (exact) mass is 648 g/mol. The first-order valence-corrected chi connectivity index (χ1v) is 17.6. The molecule has 3 aromatic heterocycles. The molecule has 7 heteroatoms. The fraction of sp³-hybridized carbons (Fsp3) is 0.103. The number of hydrogen-bond donors (Lipinski definition) is 0. The van der Waals surface area contributed by atoms with E-state index < -0.39 is 0 Å². The molecule has 0 spiro atoms. The summed E-state index contributed by atoms with van der Waals surface area (Å²) in [7, 11) is 0. The second kappa shape index (κ2) is 12.1. The van der Waals surface area contributed by atoms with E-state index in [0.717, 1.165) is 72.0 Å². The van der Waals surface area contributed by atoms with Gasteiger partial charge >= 0.3 is 0 Å². The molecule has 0 amide bonds. The van der Waals surface area contributed by atoms with Crippen molar-refractivity contribution in [2.24, 2.45) is 0 Å². The van der Waals surface area contributed by atoms with Gasteiger partial charge in [0.05, 0.1) is 31.0 Å². The SMILES string of the molecule is C/C=C(\C=C(/C)c1nc2ccccc2s1)N(C1=CC=C(c2nc3c(s2)C=C=C=C3)CC1)c1ccc(-c2nc3ccccc3s2)cc1. The maximum atomic E-state index is 4.93. The van der Waals surface area contributed by atoms with Crippen molar-refractivity contribution in [3.8, 4) is 10.6 Å². The predicted octanol–water partition coefficient (Wildman–Crippen LogP) is 11.4. The van der Waals surface area contributed by atoms with Gasteiger partial charge in [-0.25, -0.2) is 15.0 Å². The third kappa shape index (κ3) is 5.45. The van der Waals surface area contributed by atoms with Crippen LogP contribution in [0.4, 0.5) is 5.69 Å². The molecule has 0 saturated carbocycles. The summed E-state index contributed by atoms with van der Waals surface area (Å²) in [5.41, 5.74) is 16.1. The van der Waals surface area contributed by atoms with Crippen molar-refractivity contribution < 1.29 is 0 Å². The zero-order chi connectivity index (χ0) is 31.0. The topological polar surface area (TPSA) is 41.9 Å². The smallest absolute Gasteiger partial charge is 0.124 e.